The minimum Gasteiger partial charge on any atom is -0.494 e. The van der Waals surface area contributed by atoms with E-state index in [1.807, 2.05) is 0 Å². The van der Waals surface area contributed by atoms with Gasteiger partial charge in [0.1, 0.15) is 16.5 Å². The predicted molar refractivity (Wildman–Crippen MR) is 89.9 cm³/mol. The van der Waals surface area contributed by atoms with E-state index in [1.54, 1.807) is 18.2 Å². The van der Waals surface area contributed by atoms with E-state index in [2.05, 4.69) is 24.0 Å². The maximum absolute atomic E-state index is 12.8. The Morgan fingerprint density at radius 3 is 2.59 bits per heavy atom. The van der Waals surface area contributed by atoms with Gasteiger partial charge >= 0.3 is 12.1 Å². The maximum atomic E-state index is 12.8. The summed E-state index contributed by atoms with van der Waals surface area (Å²) in [5.74, 6) is -1.51. The first-order chi connectivity index (χ1) is 12.7. The lowest BCUT2D eigenvalue weighted by molar-refractivity contribution is -0.159. The summed E-state index contributed by atoms with van der Waals surface area (Å²) >= 11 is 0. The van der Waals surface area contributed by atoms with Crippen LogP contribution in [0.3, 0.4) is 0 Å². The molecule has 0 spiro atoms. The number of pyridine rings is 1. The molecule has 0 aliphatic carbocycles. The number of benzene rings is 1. The summed E-state index contributed by atoms with van der Waals surface area (Å²) in [5.41, 5.74) is 0.476. The Morgan fingerprint density at radius 1 is 1.22 bits per heavy atom. The van der Waals surface area contributed by atoms with E-state index in [4.69, 9.17) is 4.74 Å². The van der Waals surface area contributed by atoms with Gasteiger partial charge in [-0.3, -0.25) is 0 Å². The Kier molecular flexibility index (Phi) is 4.87. The highest BCUT2D eigenvalue weighted by Crippen LogP contribution is 2.35. The number of methoxy groups -OCH3 is 1. The van der Waals surface area contributed by atoms with Crippen molar-refractivity contribution in [3.05, 3.63) is 48.5 Å². The molecular formula is C16H13F3N4O3S. The number of hydrogen-bond acceptors (Lipinski definition) is 7. The molecule has 0 saturated heterocycles. The van der Waals surface area contributed by atoms with E-state index in [0.717, 1.165) is 0 Å². The van der Waals surface area contributed by atoms with Crippen LogP contribution in [0.2, 0.25) is 0 Å². The first-order valence-electron chi connectivity index (χ1n) is 7.43. The standard InChI is InChI=1S/C16H13F3N4O3S/c1-25-12-9-10(14-21-15(26-22-14)16(17,18)19)6-7-11(12)23-27(2,24)13-5-3-4-8-20-13/h3-9H,1-2H3. The van der Waals surface area contributed by atoms with Crippen LogP contribution in [0.5, 0.6) is 5.75 Å². The van der Waals surface area contributed by atoms with E-state index in [-0.39, 0.29) is 22.8 Å². The molecule has 0 N–H and O–H groups in total. The first kappa shape index (κ1) is 18.8. The molecule has 0 amide bonds. The van der Waals surface area contributed by atoms with E-state index in [9.17, 15) is 17.4 Å². The predicted octanol–water partition coefficient (Wildman–Crippen LogP) is 3.95. The fourth-order valence-corrected chi connectivity index (χ4v) is 3.36. The van der Waals surface area contributed by atoms with Gasteiger partial charge < -0.3 is 9.26 Å². The third-order valence-electron chi connectivity index (χ3n) is 3.40. The zero-order valence-corrected chi connectivity index (χ0v) is 14.9. The minimum absolute atomic E-state index is 0.191. The van der Waals surface area contributed by atoms with Crippen LogP contribution in [-0.2, 0) is 15.9 Å². The molecule has 0 fully saturated rings. The van der Waals surface area contributed by atoms with Gasteiger partial charge in [-0.05, 0) is 30.3 Å². The Balaban J connectivity index is 2.02. The van der Waals surface area contributed by atoms with E-state index < -0.39 is 21.8 Å². The van der Waals surface area contributed by atoms with Gasteiger partial charge in [-0.2, -0.15) is 22.5 Å². The zero-order chi connectivity index (χ0) is 19.7. The number of nitrogens with zero attached hydrogens (tertiary/aromatic N) is 4. The van der Waals surface area contributed by atoms with Crippen molar-refractivity contribution < 1.29 is 26.6 Å². The van der Waals surface area contributed by atoms with Crippen molar-refractivity contribution in [3.63, 3.8) is 0 Å². The Bertz CT molecular complexity index is 1070. The van der Waals surface area contributed by atoms with Gasteiger partial charge in [0.15, 0.2) is 0 Å². The van der Waals surface area contributed by atoms with Gasteiger partial charge in [0.25, 0.3) is 0 Å². The van der Waals surface area contributed by atoms with Gasteiger partial charge in [-0.25, -0.2) is 9.19 Å². The van der Waals surface area contributed by atoms with Crippen LogP contribution in [0.25, 0.3) is 11.4 Å². The molecule has 142 valence electrons. The van der Waals surface area contributed by atoms with Crippen LogP contribution in [-0.4, -0.2) is 32.7 Å². The normalized spacial score (nSPS) is 13.8. The number of alkyl halides is 3. The largest absolute Gasteiger partial charge is 0.494 e. The summed E-state index contributed by atoms with van der Waals surface area (Å²) in [6.07, 6.45) is -1.80. The van der Waals surface area contributed by atoms with Crippen LogP contribution < -0.4 is 4.74 Å². The quantitative estimate of drug-likeness (QED) is 0.661. The molecule has 11 heteroatoms. The second-order valence-corrected chi connectivity index (χ2v) is 7.58. The molecule has 0 aliphatic rings. The molecule has 0 radical (unpaired) electrons. The summed E-state index contributed by atoms with van der Waals surface area (Å²) in [6.45, 7) is 0. The number of halogens is 3. The molecule has 1 aromatic carbocycles. The van der Waals surface area contributed by atoms with Crippen molar-refractivity contribution >= 4 is 15.4 Å². The average Bonchev–Trinajstić information content (AvgIpc) is 3.13. The maximum Gasteiger partial charge on any atom is 0.471 e. The van der Waals surface area contributed by atoms with Gasteiger partial charge in [0, 0.05) is 18.0 Å². The fraction of sp³-hybridized carbons (Fsp3) is 0.188. The molecular weight excluding hydrogens is 385 g/mol. The van der Waals surface area contributed by atoms with Crippen molar-refractivity contribution in [2.45, 2.75) is 11.2 Å². The summed E-state index contributed by atoms with van der Waals surface area (Å²) in [4.78, 5) is 7.37. The molecule has 27 heavy (non-hydrogen) atoms. The van der Waals surface area contributed by atoms with Gasteiger partial charge in [-0.1, -0.05) is 11.2 Å². The summed E-state index contributed by atoms with van der Waals surface area (Å²) in [6, 6.07) is 9.23. The van der Waals surface area contributed by atoms with E-state index >= 15 is 0 Å². The lowest BCUT2D eigenvalue weighted by atomic mass is 10.2. The highest BCUT2D eigenvalue weighted by atomic mass is 32.2. The lowest BCUT2D eigenvalue weighted by Crippen LogP contribution is -2.04. The third-order valence-corrected chi connectivity index (χ3v) is 4.97. The number of hydrogen-bond donors (Lipinski definition) is 0. The van der Waals surface area contributed by atoms with Crippen LogP contribution >= 0.6 is 0 Å². The lowest BCUT2D eigenvalue weighted by Gasteiger charge is -2.08. The topological polar surface area (TPSA) is 90.5 Å². The smallest absolute Gasteiger partial charge is 0.471 e. The Morgan fingerprint density at radius 2 is 2.00 bits per heavy atom. The Labute approximate surface area is 152 Å². The molecule has 0 aliphatic heterocycles. The van der Waals surface area contributed by atoms with Crippen molar-refractivity contribution in [2.24, 2.45) is 4.36 Å². The van der Waals surface area contributed by atoms with Crippen molar-refractivity contribution in [3.8, 4) is 17.1 Å². The van der Waals surface area contributed by atoms with Crippen LogP contribution in [0.1, 0.15) is 5.89 Å². The second kappa shape index (κ2) is 6.99. The van der Waals surface area contributed by atoms with Crippen molar-refractivity contribution in [1.82, 2.24) is 15.1 Å². The van der Waals surface area contributed by atoms with Crippen LogP contribution in [0.4, 0.5) is 18.9 Å². The van der Waals surface area contributed by atoms with E-state index in [0.29, 0.717) is 5.03 Å². The van der Waals surface area contributed by atoms with Crippen LogP contribution in [0, 0.1) is 0 Å². The molecule has 2 aromatic heterocycles. The average molecular weight is 398 g/mol. The van der Waals surface area contributed by atoms with Gasteiger partial charge in [-0.15, -0.1) is 0 Å². The van der Waals surface area contributed by atoms with Crippen molar-refractivity contribution in [1.29, 1.82) is 0 Å². The molecule has 2 heterocycles. The minimum atomic E-state index is -4.74. The zero-order valence-electron chi connectivity index (χ0n) is 14.1. The molecule has 3 rings (SSSR count). The Hall–Kier alpha value is -2.95. The molecule has 0 bridgehead atoms. The third kappa shape index (κ3) is 4.08. The summed E-state index contributed by atoms with van der Waals surface area (Å²) < 4.78 is 64.3. The highest BCUT2D eigenvalue weighted by Gasteiger charge is 2.38. The molecule has 1 atom stereocenters. The summed E-state index contributed by atoms with van der Waals surface area (Å²) in [7, 11) is -1.50. The number of aromatic nitrogens is 3. The number of rotatable bonds is 4. The van der Waals surface area contributed by atoms with Gasteiger partial charge in [0.05, 0.1) is 16.8 Å². The highest BCUT2D eigenvalue weighted by molar-refractivity contribution is 7.93. The monoisotopic (exact) mass is 398 g/mol. The molecule has 7 nitrogen and oxygen atoms in total. The van der Waals surface area contributed by atoms with Crippen molar-refractivity contribution in [2.75, 3.05) is 13.4 Å². The number of ether oxygens (including phenoxy) is 1. The molecule has 1 unspecified atom stereocenters. The molecule has 3 aromatic rings. The van der Waals surface area contributed by atoms with Gasteiger partial charge in [0.2, 0.25) is 5.82 Å². The SMILES string of the molecule is COc1cc(-c2noc(C(F)(F)F)n2)ccc1N=S(C)(=O)c1ccccn1. The fourth-order valence-electron chi connectivity index (χ4n) is 2.15. The van der Waals surface area contributed by atoms with Crippen LogP contribution in [0.15, 0.2) is 56.5 Å². The molecule has 0 saturated carbocycles. The summed E-state index contributed by atoms with van der Waals surface area (Å²) in [5, 5.41) is 3.62. The second-order valence-electron chi connectivity index (χ2n) is 5.37. The van der Waals surface area contributed by atoms with E-state index in [1.165, 1.54) is 37.8 Å². The first-order valence-corrected chi connectivity index (χ1v) is 9.35.